The van der Waals surface area contributed by atoms with Crippen LogP contribution in [0.3, 0.4) is 0 Å². The third-order valence-electron chi connectivity index (χ3n) is 4.81. The van der Waals surface area contributed by atoms with Crippen molar-refractivity contribution in [1.82, 2.24) is 9.13 Å². The number of imidazole rings is 2. The van der Waals surface area contributed by atoms with Crippen molar-refractivity contribution in [3.8, 4) is 0 Å². The van der Waals surface area contributed by atoms with Crippen molar-refractivity contribution in [3.63, 3.8) is 0 Å². The van der Waals surface area contributed by atoms with E-state index in [4.69, 9.17) is 0 Å². The second kappa shape index (κ2) is 15.1. The summed E-state index contributed by atoms with van der Waals surface area (Å²) in [5, 5.41) is 20.4. The Bertz CT molecular complexity index is 767. The number of aromatic nitrogens is 4. The molecule has 0 fully saturated rings. The van der Waals surface area contributed by atoms with Gasteiger partial charge in [0.05, 0.1) is 50.8 Å². The molecule has 0 aliphatic heterocycles. The molecular formula is C20H34Br2CoN6O2. The topological polar surface area (TPSA) is 82.8 Å². The largest absolute Gasteiger partial charge is 1.00 e. The van der Waals surface area contributed by atoms with Gasteiger partial charge < -0.3 is 44.2 Å². The van der Waals surface area contributed by atoms with Gasteiger partial charge in [0.25, 0.3) is 0 Å². The van der Waals surface area contributed by atoms with Gasteiger partial charge in [0, 0.05) is 16.8 Å². The quantitative estimate of drug-likeness (QED) is 0.169. The first-order valence-electron chi connectivity index (χ1n) is 9.64. The number of aliphatic hydroxyl groups is 2. The van der Waals surface area contributed by atoms with Crippen LogP contribution in [0.5, 0.6) is 0 Å². The van der Waals surface area contributed by atoms with E-state index >= 15 is 0 Å². The number of nitrogens with zero attached hydrogens (tertiary/aromatic N) is 6. The molecular weight excluding hydrogens is 575 g/mol. The maximum absolute atomic E-state index is 10.2. The Balaban J connectivity index is 0. The molecule has 31 heavy (non-hydrogen) atoms. The van der Waals surface area contributed by atoms with E-state index in [1.165, 1.54) is 0 Å². The molecule has 2 heterocycles. The number of halogens is 2. The van der Waals surface area contributed by atoms with Crippen molar-refractivity contribution >= 4 is 11.4 Å². The molecule has 0 amide bonds. The summed E-state index contributed by atoms with van der Waals surface area (Å²) in [6.07, 6.45) is 10.5. The van der Waals surface area contributed by atoms with E-state index < -0.39 is 12.2 Å². The van der Waals surface area contributed by atoms with Crippen LogP contribution in [0, 0.1) is 0 Å². The Morgan fingerprint density at radius 2 is 1.13 bits per heavy atom. The summed E-state index contributed by atoms with van der Waals surface area (Å²) >= 11 is 0. The van der Waals surface area contributed by atoms with Gasteiger partial charge >= 0.3 is 0 Å². The monoisotopic (exact) mass is 607 g/mol. The summed E-state index contributed by atoms with van der Waals surface area (Å²) in [7, 11) is 3.89. The second-order valence-electron chi connectivity index (χ2n) is 7.47. The van der Waals surface area contributed by atoms with E-state index in [0.717, 1.165) is 11.4 Å². The van der Waals surface area contributed by atoms with Gasteiger partial charge in [-0.3, -0.25) is 9.98 Å². The van der Waals surface area contributed by atoms with Crippen molar-refractivity contribution in [2.45, 2.75) is 52.0 Å². The SMILES string of the molecule is CC(=NCCN=C(C)C(C(C)O)n1cc[n+](C)c1)C(C(C)O)n1cc[n+](C)c1.[Br-].[Br-].[Co]. The third-order valence-corrected chi connectivity index (χ3v) is 4.81. The Morgan fingerprint density at radius 1 is 0.806 bits per heavy atom. The van der Waals surface area contributed by atoms with Crippen LogP contribution < -0.4 is 43.1 Å². The average Bonchev–Trinajstić information content (AvgIpc) is 3.20. The molecule has 179 valence electrons. The van der Waals surface area contributed by atoms with Gasteiger partial charge in [-0.2, -0.15) is 0 Å². The van der Waals surface area contributed by atoms with Crippen molar-refractivity contribution in [2.75, 3.05) is 13.1 Å². The molecule has 0 aliphatic rings. The molecule has 2 N–H and O–H groups in total. The molecule has 0 bridgehead atoms. The van der Waals surface area contributed by atoms with Crippen LogP contribution in [0.1, 0.15) is 39.8 Å². The van der Waals surface area contributed by atoms with Gasteiger partial charge in [0.1, 0.15) is 24.8 Å². The first kappa shape index (κ1) is 32.3. The van der Waals surface area contributed by atoms with Crippen molar-refractivity contribution in [1.29, 1.82) is 0 Å². The predicted molar refractivity (Wildman–Crippen MR) is 109 cm³/mol. The number of rotatable bonds is 9. The molecule has 4 unspecified atom stereocenters. The summed E-state index contributed by atoms with van der Waals surface area (Å²) in [6, 6.07) is -0.396. The Labute approximate surface area is 216 Å². The minimum atomic E-state index is -0.546. The van der Waals surface area contributed by atoms with Gasteiger partial charge in [-0.15, -0.1) is 0 Å². The summed E-state index contributed by atoms with van der Waals surface area (Å²) in [5.74, 6) is 0. The molecule has 11 heteroatoms. The molecule has 0 saturated heterocycles. The summed E-state index contributed by atoms with van der Waals surface area (Å²) < 4.78 is 7.81. The zero-order valence-corrected chi connectivity index (χ0v) is 23.1. The Kier molecular flexibility index (Phi) is 15.7. The van der Waals surface area contributed by atoms with E-state index in [9.17, 15) is 10.2 Å². The number of aliphatic imine (C=N–C) groups is 2. The number of aliphatic hydroxyl groups excluding tert-OH is 2. The van der Waals surface area contributed by atoms with Gasteiger partial charge in [-0.1, -0.05) is 0 Å². The number of hydrogen-bond acceptors (Lipinski definition) is 4. The first-order chi connectivity index (χ1) is 13.2. The van der Waals surface area contributed by atoms with E-state index in [1.807, 2.05) is 83.7 Å². The Hall–Kier alpha value is -0.854. The van der Waals surface area contributed by atoms with Gasteiger partial charge in [-0.05, 0) is 27.7 Å². The molecule has 2 aromatic heterocycles. The van der Waals surface area contributed by atoms with Crippen LogP contribution in [0.25, 0.3) is 0 Å². The van der Waals surface area contributed by atoms with Crippen LogP contribution in [0.4, 0.5) is 0 Å². The van der Waals surface area contributed by atoms with Crippen LogP contribution >= 0.6 is 0 Å². The van der Waals surface area contributed by atoms with Gasteiger partial charge in [-0.25, -0.2) is 18.3 Å². The van der Waals surface area contributed by atoms with Gasteiger partial charge in [0.2, 0.25) is 12.7 Å². The van der Waals surface area contributed by atoms with E-state index in [-0.39, 0.29) is 62.8 Å². The zero-order valence-electron chi connectivity index (χ0n) is 18.9. The normalized spacial score (nSPS) is 15.7. The third kappa shape index (κ3) is 9.27. The zero-order chi connectivity index (χ0) is 20.8. The first-order valence-corrected chi connectivity index (χ1v) is 9.64. The van der Waals surface area contributed by atoms with Crippen LogP contribution in [0.15, 0.2) is 47.4 Å². The van der Waals surface area contributed by atoms with Crippen molar-refractivity contribution < 1.29 is 70.1 Å². The van der Waals surface area contributed by atoms with E-state index in [1.54, 1.807) is 13.8 Å². The standard InChI is InChI=1S/C20H34N6O2.2BrH.Co/c1-15(19(17(3)27)25-11-9-23(5)13-25)21-7-8-22-16(2)20(18(4)28)26-12-10-24(6)14-26;;;/h9-14,17-20,27-28H,7-8H2,1-6H3;2*1H;/q+2;;;/p-2. The fraction of sp³-hybridized carbons (Fsp3) is 0.600. The summed E-state index contributed by atoms with van der Waals surface area (Å²) in [4.78, 5) is 9.26. The molecule has 0 aliphatic carbocycles. The fourth-order valence-corrected chi connectivity index (χ4v) is 3.54. The molecule has 0 spiro atoms. The maximum Gasteiger partial charge on any atom is 0.244 e. The molecule has 2 rings (SSSR count). The second-order valence-corrected chi connectivity index (χ2v) is 7.47. The van der Waals surface area contributed by atoms with Crippen molar-refractivity contribution in [2.24, 2.45) is 24.1 Å². The molecule has 8 nitrogen and oxygen atoms in total. The minimum absolute atomic E-state index is 0. The number of hydrogen-bond donors (Lipinski definition) is 2. The smallest absolute Gasteiger partial charge is 0.244 e. The number of aryl methyl sites for hydroxylation is 2. The van der Waals surface area contributed by atoms with Gasteiger partial charge in [0.15, 0.2) is 12.1 Å². The average molecular weight is 609 g/mol. The fourth-order valence-electron chi connectivity index (χ4n) is 3.54. The van der Waals surface area contributed by atoms with E-state index in [0.29, 0.717) is 13.1 Å². The molecule has 0 aromatic carbocycles. The summed E-state index contributed by atoms with van der Waals surface area (Å²) in [5.41, 5.74) is 1.73. The molecule has 0 saturated carbocycles. The van der Waals surface area contributed by atoms with Crippen molar-refractivity contribution in [3.05, 3.63) is 37.4 Å². The molecule has 4 atom stereocenters. The molecule has 2 aromatic rings. The summed E-state index contributed by atoms with van der Waals surface area (Å²) in [6.45, 7) is 8.49. The van der Waals surface area contributed by atoms with Crippen LogP contribution in [0.2, 0.25) is 0 Å². The van der Waals surface area contributed by atoms with Crippen LogP contribution in [-0.4, -0.2) is 56.1 Å². The van der Waals surface area contributed by atoms with E-state index in [2.05, 4.69) is 9.98 Å². The molecule has 1 radical (unpaired) electrons. The van der Waals surface area contributed by atoms with Crippen LogP contribution in [-0.2, 0) is 30.9 Å². The predicted octanol–water partition coefficient (Wildman–Crippen LogP) is -5.59. The Morgan fingerprint density at radius 3 is 1.35 bits per heavy atom. The maximum atomic E-state index is 10.2. The minimum Gasteiger partial charge on any atom is -1.00 e.